The molecule has 0 saturated carbocycles. The van der Waals surface area contributed by atoms with Crippen LogP contribution < -0.4 is 16.0 Å². The summed E-state index contributed by atoms with van der Waals surface area (Å²) in [6, 6.07) is 10.7. The third kappa shape index (κ3) is 3.29. The van der Waals surface area contributed by atoms with E-state index < -0.39 is 10.0 Å². The summed E-state index contributed by atoms with van der Waals surface area (Å²) < 4.78 is 24.2. The highest BCUT2D eigenvalue weighted by molar-refractivity contribution is 7.91. The van der Waals surface area contributed by atoms with Crippen molar-refractivity contribution in [1.29, 1.82) is 0 Å². The average Bonchev–Trinajstić information content (AvgIpc) is 2.98. The molecule has 0 aliphatic rings. The number of nitrogens with one attached hydrogen (secondary N) is 1. The van der Waals surface area contributed by atoms with E-state index in [0.29, 0.717) is 11.9 Å². The average molecular weight is 349 g/mol. The number of nitrogens with zero attached hydrogens (tertiary/aromatic N) is 1. The second-order valence-corrected chi connectivity index (χ2v) is 8.11. The maximum atomic E-state index is 12.1. The smallest absolute Gasteiger partial charge is 0.258 e. The number of aryl methyl sites for hydroxylation is 1. The second-order valence-electron chi connectivity index (χ2n) is 5.15. The van der Waals surface area contributed by atoms with Gasteiger partial charge in [-0.05, 0) is 35.7 Å². The molecule has 0 aliphatic carbocycles. The van der Waals surface area contributed by atoms with Crippen LogP contribution in [-0.4, -0.2) is 13.0 Å². The molecule has 0 aliphatic heterocycles. The van der Waals surface area contributed by atoms with Gasteiger partial charge in [-0.2, -0.15) is 0 Å². The number of nitrogens with two attached hydrogens (primary N) is 1. The highest BCUT2D eigenvalue weighted by Gasteiger charge is 2.11. The maximum absolute atomic E-state index is 12.1. The zero-order chi connectivity index (χ0) is 16.6. The molecular formula is C15H15N3O3S2. The molecule has 0 atom stereocenters. The number of thiophene rings is 1. The summed E-state index contributed by atoms with van der Waals surface area (Å²) in [5, 5.41) is 9.80. The third-order valence-electron chi connectivity index (χ3n) is 3.47. The summed E-state index contributed by atoms with van der Waals surface area (Å²) >= 11 is 1.13. The Morgan fingerprint density at radius 2 is 2.00 bits per heavy atom. The summed E-state index contributed by atoms with van der Waals surface area (Å²) in [6.07, 6.45) is 1.73. The van der Waals surface area contributed by atoms with Crippen molar-refractivity contribution in [3.63, 3.8) is 0 Å². The minimum Gasteiger partial charge on any atom is -0.380 e. The number of hydrogen-bond acceptors (Lipinski definition) is 5. The van der Waals surface area contributed by atoms with Gasteiger partial charge < -0.3 is 9.88 Å². The zero-order valence-electron chi connectivity index (χ0n) is 12.3. The first-order valence-electron chi connectivity index (χ1n) is 6.79. The quantitative estimate of drug-likeness (QED) is 0.752. The number of hydrogen-bond donors (Lipinski definition) is 2. The van der Waals surface area contributed by atoms with Crippen LogP contribution in [0.15, 0.2) is 51.6 Å². The zero-order valence-corrected chi connectivity index (χ0v) is 13.9. The van der Waals surface area contributed by atoms with E-state index >= 15 is 0 Å². The molecule has 0 spiro atoms. The number of pyridine rings is 1. The minimum absolute atomic E-state index is 0.0567. The molecule has 3 N–H and O–H groups in total. The monoisotopic (exact) mass is 349 g/mol. The van der Waals surface area contributed by atoms with E-state index in [2.05, 4.69) is 5.32 Å². The van der Waals surface area contributed by atoms with Crippen molar-refractivity contribution in [2.24, 2.45) is 12.2 Å². The van der Waals surface area contributed by atoms with Gasteiger partial charge in [-0.1, -0.05) is 6.07 Å². The Morgan fingerprint density at radius 3 is 2.70 bits per heavy atom. The number of anilines is 1. The predicted molar refractivity (Wildman–Crippen MR) is 92.2 cm³/mol. The molecule has 0 fully saturated rings. The standard InChI is InChI=1S/C15H15N3O3S2/c1-18-7-6-10-2-3-11(8-13(10)15(18)19)17-9-12-4-5-14(22-12)23(16,20)21/h2-8,17H,9H2,1H3,(H2,16,20,21). The maximum Gasteiger partial charge on any atom is 0.258 e. The summed E-state index contributed by atoms with van der Waals surface area (Å²) in [5.41, 5.74) is 0.741. The molecule has 3 rings (SSSR count). The number of rotatable bonds is 4. The van der Waals surface area contributed by atoms with Crippen molar-refractivity contribution in [3.8, 4) is 0 Å². The number of benzene rings is 1. The van der Waals surface area contributed by atoms with E-state index in [1.165, 1.54) is 10.6 Å². The Hall–Kier alpha value is -2.16. The molecule has 8 heteroatoms. The van der Waals surface area contributed by atoms with E-state index in [0.717, 1.165) is 27.3 Å². The summed E-state index contributed by atoms with van der Waals surface area (Å²) in [4.78, 5) is 13.0. The van der Waals surface area contributed by atoms with Crippen molar-refractivity contribution in [1.82, 2.24) is 4.57 Å². The molecule has 0 unspecified atom stereocenters. The summed E-state index contributed by atoms with van der Waals surface area (Å²) in [7, 11) is -1.95. The largest absolute Gasteiger partial charge is 0.380 e. The van der Waals surface area contributed by atoms with Crippen LogP contribution in [0.2, 0.25) is 0 Å². The van der Waals surface area contributed by atoms with Gasteiger partial charge in [0, 0.05) is 35.7 Å². The van der Waals surface area contributed by atoms with Crippen molar-refractivity contribution in [3.05, 3.63) is 57.8 Å². The molecule has 1 aromatic carbocycles. The number of sulfonamides is 1. The Bertz CT molecular complexity index is 1040. The fourth-order valence-corrected chi connectivity index (χ4v) is 3.96. The van der Waals surface area contributed by atoms with Crippen molar-refractivity contribution in [2.75, 3.05) is 5.32 Å². The molecule has 0 radical (unpaired) electrons. The molecule has 2 aromatic heterocycles. The van der Waals surface area contributed by atoms with Gasteiger partial charge in [0.15, 0.2) is 0 Å². The van der Waals surface area contributed by atoms with E-state index in [-0.39, 0.29) is 9.77 Å². The van der Waals surface area contributed by atoms with E-state index in [1.807, 2.05) is 18.2 Å². The van der Waals surface area contributed by atoms with Crippen molar-refractivity contribution in [2.45, 2.75) is 10.8 Å². The van der Waals surface area contributed by atoms with Gasteiger partial charge in [0.05, 0.1) is 0 Å². The lowest BCUT2D eigenvalue weighted by molar-refractivity contribution is 0.600. The fourth-order valence-electron chi connectivity index (χ4n) is 2.24. The van der Waals surface area contributed by atoms with Crippen LogP contribution in [0.25, 0.3) is 10.8 Å². The van der Waals surface area contributed by atoms with E-state index in [9.17, 15) is 13.2 Å². The van der Waals surface area contributed by atoms with Crippen molar-refractivity contribution >= 4 is 37.8 Å². The first kappa shape index (κ1) is 15.7. The Kier molecular flexibility index (Phi) is 3.97. The molecule has 2 heterocycles. The lowest BCUT2D eigenvalue weighted by atomic mass is 10.1. The van der Waals surface area contributed by atoms with Crippen LogP contribution in [-0.2, 0) is 23.6 Å². The first-order chi connectivity index (χ1) is 10.8. The highest BCUT2D eigenvalue weighted by Crippen LogP contribution is 2.22. The van der Waals surface area contributed by atoms with Gasteiger partial charge in [0.25, 0.3) is 5.56 Å². The molecule has 120 valence electrons. The van der Waals surface area contributed by atoms with Gasteiger partial charge in [0.1, 0.15) is 4.21 Å². The molecule has 0 amide bonds. The SMILES string of the molecule is Cn1ccc2ccc(NCc3ccc(S(N)(=O)=O)s3)cc2c1=O. The van der Waals surface area contributed by atoms with Gasteiger partial charge in [-0.3, -0.25) is 4.79 Å². The van der Waals surface area contributed by atoms with Gasteiger partial charge in [0.2, 0.25) is 10.0 Å². The van der Waals surface area contributed by atoms with Crippen LogP contribution >= 0.6 is 11.3 Å². The molecule has 0 saturated heterocycles. The van der Waals surface area contributed by atoms with Gasteiger partial charge in [-0.25, -0.2) is 13.6 Å². The minimum atomic E-state index is -3.66. The fraction of sp³-hybridized carbons (Fsp3) is 0.133. The third-order valence-corrected chi connectivity index (χ3v) is 5.99. The number of aromatic nitrogens is 1. The Labute approximate surface area is 137 Å². The van der Waals surface area contributed by atoms with Gasteiger partial charge >= 0.3 is 0 Å². The number of fused-ring (bicyclic) bond motifs is 1. The van der Waals surface area contributed by atoms with E-state index in [4.69, 9.17) is 5.14 Å². The van der Waals surface area contributed by atoms with Crippen LogP contribution in [0.4, 0.5) is 5.69 Å². The van der Waals surface area contributed by atoms with Gasteiger partial charge in [-0.15, -0.1) is 11.3 Å². The molecule has 0 bridgehead atoms. The molecular weight excluding hydrogens is 334 g/mol. The second kappa shape index (κ2) is 5.80. The number of primary sulfonamides is 1. The normalized spacial score (nSPS) is 11.7. The Morgan fingerprint density at radius 1 is 1.22 bits per heavy atom. The topological polar surface area (TPSA) is 94.2 Å². The molecule has 23 heavy (non-hydrogen) atoms. The molecule has 6 nitrogen and oxygen atoms in total. The van der Waals surface area contributed by atoms with Crippen LogP contribution in [0.1, 0.15) is 4.88 Å². The predicted octanol–water partition coefficient (Wildman–Crippen LogP) is 1.86. The first-order valence-corrected chi connectivity index (χ1v) is 9.16. The highest BCUT2D eigenvalue weighted by atomic mass is 32.2. The lowest BCUT2D eigenvalue weighted by Crippen LogP contribution is -2.15. The van der Waals surface area contributed by atoms with E-state index in [1.54, 1.807) is 25.4 Å². The molecule has 3 aromatic rings. The van der Waals surface area contributed by atoms with Crippen LogP contribution in [0.3, 0.4) is 0 Å². The Balaban J connectivity index is 1.83. The lowest BCUT2D eigenvalue weighted by Gasteiger charge is -2.07. The summed E-state index contributed by atoms with van der Waals surface area (Å²) in [6.45, 7) is 0.457. The summed E-state index contributed by atoms with van der Waals surface area (Å²) in [5.74, 6) is 0. The van der Waals surface area contributed by atoms with Crippen LogP contribution in [0, 0.1) is 0 Å². The van der Waals surface area contributed by atoms with Crippen LogP contribution in [0.5, 0.6) is 0 Å². The van der Waals surface area contributed by atoms with Crippen molar-refractivity contribution < 1.29 is 8.42 Å².